The maximum absolute atomic E-state index is 12.4. The van der Waals surface area contributed by atoms with Crippen molar-refractivity contribution in [2.75, 3.05) is 37.6 Å². The smallest absolute Gasteiger partial charge is 0.243 e. The number of anilines is 1. The van der Waals surface area contributed by atoms with Crippen LogP contribution in [-0.4, -0.2) is 75.8 Å². The SMILES string of the molecule is O=C(CCCCCC(=O)NCc1cccc(-c2ccc([C@@H]3O[C@H](CN4CCN(c5ncccn5)CC4)C[C@H](c4ccc(CO)cc4)O3)cc2)c1)NO. The lowest BCUT2D eigenvalue weighted by molar-refractivity contribution is -0.253. The van der Waals surface area contributed by atoms with Crippen molar-refractivity contribution in [2.45, 2.75) is 70.2 Å². The summed E-state index contributed by atoms with van der Waals surface area (Å²) in [5.74, 6) is 0.333. The van der Waals surface area contributed by atoms with Crippen molar-refractivity contribution in [3.05, 3.63) is 114 Å². The highest BCUT2D eigenvalue weighted by Crippen LogP contribution is 2.39. The van der Waals surface area contributed by atoms with Crippen LogP contribution in [0.5, 0.6) is 0 Å². The molecule has 2 aliphatic heterocycles. The van der Waals surface area contributed by atoms with Gasteiger partial charge in [0.2, 0.25) is 17.8 Å². The molecule has 4 aromatic rings. The van der Waals surface area contributed by atoms with Crippen LogP contribution in [0.15, 0.2) is 91.3 Å². The third-order valence-corrected chi connectivity index (χ3v) is 9.65. The van der Waals surface area contributed by atoms with Crippen LogP contribution in [0.4, 0.5) is 5.95 Å². The number of carbonyl (C=O) groups is 2. The van der Waals surface area contributed by atoms with Gasteiger partial charge >= 0.3 is 0 Å². The number of unbranched alkanes of at least 4 members (excludes halogenated alkanes) is 2. The van der Waals surface area contributed by atoms with Gasteiger partial charge in [-0.1, -0.05) is 73.2 Å². The van der Waals surface area contributed by atoms with Crippen molar-refractivity contribution in [3.63, 3.8) is 0 Å². The van der Waals surface area contributed by atoms with Crippen LogP contribution in [0, 0.1) is 0 Å². The maximum Gasteiger partial charge on any atom is 0.243 e. The summed E-state index contributed by atoms with van der Waals surface area (Å²) in [6.45, 7) is 4.72. The van der Waals surface area contributed by atoms with Crippen LogP contribution < -0.4 is 15.7 Å². The summed E-state index contributed by atoms with van der Waals surface area (Å²) in [6.07, 6.45) is 6.24. The number of piperazine rings is 1. The largest absolute Gasteiger partial charge is 0.392 e. The number of hydrogen-bond acceptors (Lipinski definition) is 10. The fourth-order valence-corrected chi connectivity index (χ4v) is 6.69. The lowest BCUT2D eigenvalue weighted by atomic mass is 9.98. The Kier molecular flexibility index (Phi) is 13.3. The highest BCUT2D eigenvalue weighted by Gasteiger charge is 2.34. The average Bonchev–Trinajstić information content (AvgIpc) is 3.20. The maximum atomic E-state index is 12.4. The standard InChI is InChI=1S/C40H48N6O6/c47-28-29-10-12-32(13-11-29)36-25-35(27-45-20-22-46(23-21-45)40-41-18-5-19-42-40)51-39(52-36)33-16-14-31(15-17-33)34-7-4-6-30(24-34)26-43-37(48)8-2-1-3-9-38(49)44-50/h4-7,10-19,24,35-36,39,47,50H,1-3,8-9,20-23,25-28H2,(H,43,48)(H,44,49)/t35-,36+,39+/m0/s1. The Bertz CT molecular complexity index is 1720. The van der Waals surface area contributed by atoms with Crippen LogP contribution in [0.2, 0.25) is 0 Å². The third-order valence-electron chi connectivity index (χ3n) is 9.65. The lowest BCUT2D eigenvalue weighted by Gasteiger charge is -2.40. The fraction of sp³-hybridized carbons (Fsp3) is 0.400. The van der Waals surface area contributed by atoms with Crippen molar-refractivity contribution in [1.82, 2.24) is 25.7 Å². The van der Waals surface area contributed by atoms with Crippen molar-refractivity contribution in [1.29, 1.82) is 0 Å². The van der Waals surface area contributed by atoms with Gasteiger partial charge in [-0.25, -0.2) is 15.4 Å². The zero-order valence-electron chi connectivity index (χ0n) is 29.4. The molecule has 0 unspecified atom stereocenters. The van der Waals surface area contributed by atoms with Crippen LogP contribution in [0.3, 0.4) is 0 Å². The van der Waals surface area contributed by atoms with Crippen LogP contribution in [-0.2, 0) is 32.2 Å². The average molecular weight is 709 g/mol. The van der Waals surface area contributed by atoms with Gasteiger partial charge in [0.1, 0.15) is 0 Å². The van der Waals surface area contributed by atoms with E-state index in [0.29, 0.717) is 25.8 Å². The fourth-order valence-electron chi connectivity index (χ4n) is 6.69. The molecule has 1 aromatic heterocycles. The van der Waals surface area contributed by atoms with E-state index in [2.05, 4.69) is 61.5 Å². The third kappa shape index (κ3) is 10.4. The summed E-state index contributed by atoms with van der Waals surface area (Å²) < 4.78 is 13.3. The number of aromatic nitrogens is 2. The van der Waals surface area contributed by atoms with E-state index in [1.54, 1.807) is 17.9 Å². The number of carbonyl (C=O) groups excluding carboxylic acids is 2. The number of amides is 2. The summed E-state index contributed by atoms with van der Waals surface area (Å²) in [4.78, 5) is 37.0. The number of ether oxygens (including phenoxy) is 2. The predicted molar refractivity (Wildman–Crippen MR) is 196 cm³/mol. The van der Waals surface area contributed by atoms with Gasteiger partial charge in [-0.2, -0.15) is 0 Å². The number of nitrogens with one attached hydrogen (secondary N) is 2. The second-order valence-corrected chi connectivity index (χ2v) is 13.4. The molecular formula is C40H48N6O6. The summed E-state index contributed by atoms with van der Waals surface area (Å²) in [6, 6.07) is 26.2. The van der Waals surface area contributed by atoms with Crippen molar-refractivity contribution >= 4 is 17.8 Å². The van der Waals surface area contributed by atoms with Crippen LogP contribution in [0.25, 0.3) is 11.1 Å². The first-order chi connectivity index (χ1) is 25.5. The van der Waals surface area contributed by atoms with Gasteiger partial charge in [-0.05, 0) is 52.8 Å². The summed E-state index contributed by atoms with van der Waals surface area (Å²) >= 11 is 0. The van der Waals surface area contributed by atoms with Gasteiger partial charge < -0.3 is 24.8 Å². The molecule has 4 N–H and O–H groups in total. The number of benzene rings is 3. The molecule has 2 amide bonds. The van der Waals surface area contributed by atoms with E-state index in [1.165, 1.54) is 0 Å². The molecule has 0 saturated carbocycles. The van der Waals surface area contributed by atoms with Gasteiger partial charge in [-0.15, -0.1) is 0 Å². The molecule has 3 aromatic carbocycles. The second-order valence-electron chi connectivity index (χ2n) is 13.4. The highest BCUT2D eigenvalue weighted by atomic mass is 16.7. The molecule has 0 spiro atoms. The minimum atomic E-state index is -0.539. The number of aliphatic hydroxyl groups excluding tert-OH is 1. The Morgan fingerprint density at radius 2 is 1.48 bits per heavy atom. The molecule has 2 saturated heterocycles. The number of rotatable bonds is 15. The topological polar surface area (TPSA) is 149 Å². The molecule has 3 atom stereocenters. The Morgan fingerprint density at radius 1 is 0.769 bits per heavy atom. The number of hydroxylamine groups is 1. The first-order valence-corrected chi connectivity index (χ1v) is 18.1. The second kappa shape index (κ2) is 18.7. The minimum Gasteiger partial charge on any atom is -0.392 e. The minimum absolute atomic E-state index is 0.000567. The van der Waals surface area contributed by atoms with E-state index in [4.69, 9.17) is 14.7 Å². The quantitative estimate of drug-likeness (QED) is 0.0749. The Balaban J connectivity index is 1.06. The molecule has 274 valence electrons. The van der Waals surface area contributed by atoms with Gasteiger partial charge in [-0.3, -0.25) is 19.7 Å². The van der Waals surface area contributed by atoms with E-state index in [0.717, 1.165) is 84.9 Å². The molecule has 3 heterocycles. The number of aliphatic hydroxyl groups is 1. The summed E-state index contributed by atoms with van der Waals surface area (Å²) in [5.41, 5.74) is 7.60. The molecular weight excluding hydrogens is 660 g/mol. The van der Waals surface area contributed by atoms with Crippen molar-refractivity contribution < 1.29 is 29.4 Å². The van der Waals surface area contributed by atoms with E-state index >= 15 is 0 Å². The first-order valence-electron chi connectivity index (χ1n) is 18.1. The molecule has 0 aliphatic carbocycles. The van der Waals surface area contributed by atoms with E-state index in [1.807, 2.05) is 42.5 Å². The molecule has 12 heteroatoms. The zero-order valence-corrected chi connectivity index (χ0v) is 29.4. The summed E-state index contributed by atoms with van der Waals surface area (Å²) in [5, 5.41) is 21.1. The van der Waals surface area contributed by atoms with Gasteiger partial charge in [0.25, 0.3) is 0 Å². The Morgan fingerprint density at radius 3 is 2.19 bits per heavy atom. The van der Waals surface area contributed by atoms with E-state index in [9.17, 15) is 14.7 Å². The predicted octanol–water partition coefficient (Wildman–Crippen LogP) is 5.08. The number of nitrogens with zero attached hydrogens (tertiary/aromatic N) is 4. The Hall–Kier alpha value is -4.72. The van der Waals surface area contributed by atoms with E-state index < -0.39 is 12.2 Å². The van der Waals surface area contributed by atoms with Gasteiger partial charge in [0.05, 0.1) is 18.8 Å². The van der Waals surface area contributed by atoms with E-state index in [-0.39, 0.29) is 31.1 Å². The van der Waals surface area contributed by atoms with Crippen LogP contribution >= 0.6 is 0 Å². The first kappa shape index (κ1) is 37.1. The monoisotopic (exact) mass is 708 g/mol. The molecule has 52 heavy (non-hydrogen) atoms. The lowest BCUT2D eigenvalue weighted by Crippen LogP contribution is -2.50. The highest BCUT2D eigenvalue weighted by molar-refractivity contribution is 5.76. The Labute approximate surface area is 304 Å². The molecule has 2 aliphatic rings. The molecule has 6 rings (SSSR count). The van der Waals surface area contributed by atoms with Gasteiger partial charge in [0, 0.05) is 76.5 Å². The molecule has 0 bridgehead atoms. The van der Waals surface area contributed by atoms with Crippen LogP contribution in [0.1, 0.15) is 73.2 Å². The van der Waals surface area contributed by atoms with Gasteiger partial charge in [0.15, 0.2) is 6.29 Å². The van der Waals surface area contributed by atoms with Crippen molar-refractivity contribution in [3.8, 4) is 11.1 Å². The zero-order chi connectivity index (χ0) is 36.1. The summed E-state index contributed by atoms with van der Waals surface area (Å²) in [7, 11) is 0. The van der Waals surface area contributed by atoms with Crippen molar-refractivity contribution in [2.24, 2.45) is 0 Å². The number of hydrogen-bond donors (Lipinski definition) is 4. The molecule has 0 radical (unpaired) electrons. The molecule has 12 nitrogen and oxygen atoms in total. The normalized spacial score (nSPS) is 19.3. The molecule has 2 fully saturated rings.